The van der Waals surface area contributed by atoms with Crippen molar-refractivity contribution in [2.24, 2.45) is 0 Å². The Morgan fingerprint density at radius 2 is 1.67 bits per heavy atom. The summed E-state index contributed by atoms with van der Waals surface area (Å²) in [7, 11) is 0. The molecule has 0 aliphatic heterocycles. The lowest BCUT2D eigenvalue weighted by Crippen LogP contribution is -2.13. The van der Waals surface area contributed by atoms with Gasteiger partial charge in [-0.25, -0.2) is 4.79 Å². The lowest BCUT2D eigenvalue weighted by atomic mass is 10.0. The molecule has 0 aliphatic rings. The number of hydrogen-bond donors (Lipinski definition) is 0. The van der Waals surface area contributed by atoms with E-state index in [0.717, 1.165) is 22.1 Å². The monoisotopic (exact) mass is 442 g/mol. The number of benzene rings is 3. The molecule has 1 aromatic heterocycles. The molecule has 5 nitrogen and oxygen atoms in total. The lowest BCUT2D eigenvalue weighted by molar-refractivity contribution is -0.143. The summed E-state index contributed by atoms with van der Waals surface area (Å²) in [5, 5.41) is 0.827. The van der Waals surface area contributed by atoms with E-state index in [-0.39, 0.29) is 12.4 Å². The molecule has 0 saturated carbocycles. The second-order valence-corrected chi connectivity index (χ2v) is 7.81. The average molecular weight is 443 g/mol. The van der Waals surface area contributed by atoms with Crippen LogP contribution in [0.3, 0.4) is 0 Å². The third-order valence-corrected chi connectivity index (χ3v) is 5.61. The molecule has 5 heteroatoms. The highest BCUT2D eigenvalue weighted by molar-refractivity contribution is 5.82. The van der Waals surface area contributed by atoms with Crippen LogP contribution in [0.25, 0.3) is 22.1 Å². The van der Waals surface area contributed by atoms with Gasteiger partial charge in [0.15, 0.2) is 0 Å². The van der Waals surface area contributed by atoms with Crippen molar-refractivity contribution < 1.29 is 18.7 Å². The Morgan fingerprint density at radius 1 is 0.939 bits per heavy atom. The van der Waals surface area contributed by atoms with Gasteiger partial charge in [-0.1, -0.05) is 54.6 Å². The molecule has 3 aromatic carbocycles. The highest BCUT2D eigenvalue weighted by Crippen LogP contribution is 2.26. The predicted molar refractivity (Wildman–Crippen MR) is 128 cm³/mol. The van der Waals surface area contributed by atoms with Crippen LogP contribution in [0.15, 0.2) is 82.0 Å². The smallest absolute Gasteiger partial charge is 0.339 e. The molecule has 33 heavy (non-hydrogen) atoms. The lowest BCUT2D eigenvalue weighted by Gasteiger charge is -2.11. The van der Waals surface area contributed by atoms with Crippen molar-refractivity contribution in [1.82, 2.24) is 0 Å². The SMILES string of the molecule is CCOC(=O)CCc1c(C)c2ccc(OCc3ccc(-c4ccccc4)cc3)cc2oc1=O. The van der Waals surface area contributed by atoms with Gasteiger partial charge in [0.05, 0.1) is 6.61 Å². The van der Waals surface area contributed by atoms with Crippen molar-refractivity contribution >= 4 is 16.9 Å². The van der Waals surface area contributed by atoms with E-state index >= 15 is 0 Å². The zero-order chi connectivity index (χ0) is 23.2. The number of esters is 1. The number of hydrogen-bond acceptors (Lipinski definition) is 5. The van der Waals surface area contributed by atoms with Gasteiger partial charge in [-0.2, -0.15) is 0 Å². The maximum atomic E-state index is 12.5. The van der Waals surface area contributed by atoms with E-state index in [9.17, 15) is 9.59 Å². The third-order valence-electron chi connectivity index (χ3n) is 5.61. The Bertz CT molecular complexity index is 1300. The van der Waals surface area contributed by atoms with Crippen LogP contribution in [0.5, 0.6) is 5.75 Å². The van der Waals surface area contributed by atoms with Gasteiger partial charge in [0, 0.05) is 23.4 Å². The van der Waals surface area contributed by atoms with Crippen LogP contribution in [0, 0.1) is 6.92 Å². The van der Waals surface area contributed by atoms with E-state index < -0.39 is 5.63 Å². The Labute approximate surface area is 192 Å². The van der Waals surface area contributed by atoms with Crippen molar-refractivity contribution in [2.75, 3.05) is 6.61 Å². The van der Waals surface area contributed by atoms with Gasteiger partial charge in [0.25, 0.3) is 0 Å². The molecule has 0 amide bonds. The molecule has 168 valence electrons. The van der Waals surface area contributed by atoms with Crippen molar-refractivity contribution in [2.45, 2.75) is 33.3 Å². The number of carbonyl (C=O) groups excluding carboxylic acids is 1. The van der Waals surface area contributed by atoms with E-state index in [1.807, 2.05) is 49.4 Å². The summed E-state index contributed by atoms with van der Waals surface area (Å²) in [6.45, 7) is 4.35. The molecule has 0 aliphatic carbocycles. The summed E-state index contributed by atoms with van der Waals surface area (Å²) in [6.07, 6.45) is 0.440. The molecule has 0 spiro atoms. The number of aryl methyl sites for hydroxylation is 1. The molecule has 0 saturated heterocycles. The second-order valence-electron chi connectivity index (χ2n) is 7.81. The van der Waals surface area contributed by atoms with Crippen molar-refractivity contribution in [3.8, 4) is 16.9 Å². The van der Waals surface area contributed by atoms with Gasteiger partial charge in [-0.15, -0.1) is 0 Å². The van der Waals surface area contributed by atoms with Crippen molar-refractivity contribution in [3.63, 3.8) is 0 Å². The number of fused-ring (bicyclic) bond motifs is 1. The van der Waals surface area contributed by atoms with Crippen LogP contribution in [0.4, 0.5) is 0 Å². The summed E-state index contributed by atoms with van der Waals surface area (Å²) in [5.74, 6) is 0.299. The van der Waals surface area contributed by atoms with Crippen LogP contribution in [0.2, 0.25) is 0 Å². The molecule has 0 N–H and O–H groups in total. The van der Waals surface area contributed by atoms with E-state index in [1.165, 1.54) is 5.56 Å². The van der Waals surface area contributed by atoms with E-state index in [4.69, 9.17) is 13.9 Å². The van der Waals surface area contributed by atoms with Crippen LogP contribution >= 0.6 is 0 Å². The van der Waals surface area contributed by atoms with E-state index in [1.54, 1.807) is 13.0 Å². The molecular formula is C28H26O5. The minimum Gasteiger partial charge on any atom is -0.489 e. The molecule has 4 rings (SSSR count). The maximum absolute atomic E-state index is 12.5. The third kappa shape index (κ3) is 5.32. The quantitative estimate of drug-likeness (QED) is 0.253. The second kappa shape index (κ2) is 10.2. The Balaban J connectivity index is 1.46. The molecule has 0 radical (unpaired) electrons. The predicted octanol–water partition coefficient (Wildman–Crippen LogP) is 5.84. The van der Waals surface area contributed by atoms with Crippen molar-refractivity contribution in [3.05, 3.63) is 99.9 Å². The molecule has 4 aromatic rings. The highest BCUT2D eigenvalue weighted by atomic mass is 16.5. The maximum Gasteiger partial charge on any atom is 0.339 e. The zero-order valence-corrected chi connectivity index (χ0v) is 18.8. The largest absolute Gasteiger partial charge is 0.489 e. The van der Waals surface area contributed by atoms with Crippen LogP contribution in [-0.2, 0) is 22.6 Å². The summed E-state index contributed by atoms with van der Waals surface area (Å²) >= 11 is 0. The minimum absolute atomic E-state index is 0.148. The van der Waals surface area contributed by atoms with Gasteiger partial charge in [-0.3, -0.25) is 4.79 Å². The van der Waals surface area contributed by atoms with Gasteiger partial charge >= 0.3 is 11.6 Å². The topological polar surface area (TPSA) is 65.7 Å². The van der Waals surface area contributed by atoms with Crippen LogP contribution in [-0.4, -0.2) is 12.6 Å². The van der Waals surface area contributed by atoms with Gasteiger partial charge in [0.1, 0.15) is 17.9 Å². The zero-order valence-electron chi connectivity index (χ0n) is 18.8. The van der Waals surface area contributed by atoms with E-state index in [2.05, 4.69) is 24.3 Å². The normalized spacial score (nSPS) is 10.8. The van der Waals surface area contributed by atoms with Crippen molar-refractivity contribution in [1.29, 1.82) is 0 Å². The minimum atomic E-state index is -0.432. The summed E-state index contributed by atoms with van der Waals surface area (Å²) in [6, 6.07) is 23.9. The fourth-order valence-electron chi connectivity index (χ4n) is 3.80. The molecule has 0 bridgehead atoms. The first-order valence-electron chi connectivity index (χ1n) is 11.0. The van der Waals surface area contributed by atoms with E-state index in [0.29, 0.717) is 36.5 Å². The molecule has 0 unspecified atom stereocenters. The molecule has 1 heterocycles. The van der Waals surface area contributed by atoms with Gasteiger partial charge in [0.2, 0.25) is 0 Å². The molecule has 0 atom stereocenters. The summed E-state index contributed by atoms with van der Waals surface area (Å²) < 4.78 is 16.4. The Kier molecular flexibility index (Phi) is 6.89. The summed E-state index contributed by atoms with van der Waals surface area (Å²) in [4.78, 5) is 24.2. The Hall–Kier alpha value is -3.86. The highest BCUT2D eigenvalue weighted by Gasteiger charge is 2.14. The van der Waals surface area contributed by atoms with Gasteiger partial charge in [-0.05, 0) is 54.7 Å². The fourth-order valence-corrected chi connectivity index (χ4v) is 3.80. The summed E-state index contributed by atoms with van der Waals surface area (Å²) in [5.41, 5.74) is 4.72. The van der Waals surface area contributed by atoms with Gasteiger partial charge < -0.3 is 13.9 Å². The Morgan fingerprint density at radius 3 is 2.39 bits per heavy atom. The molecule has 0 fully saturated rings. The standard InChI is InChI=1S/C28H26O5/c1-3-31-27(29)16-15-25-19(2)24-14-13-23(17-26(24)33-28(25)30)32-18-20-9-11-22(12-10-20)21-7-5-4-6-8-21/h4-14,17H,3,15-16,18H2,1-2H3. The van der Waals surface area contributed by atoms with Crippen LogP contribution in [0.1, 0.15) is 30.0 Å². The number of carbonyl (C=O) groups is 1. The first-order chi connectivity index (χ1) is 16.0. The average Bonchev–Trinajstić information content (AvgIpc) is 2.83. The fraction of sp³-hybridized carbons (Fsp3) is 0.214. The number of ether oxygens (including phenoxy) is 2. The number of rotatable bonds is 8. The first kappa shape index (κ1) is 22.3. The first-order valence-corrected chi connectivity index (χ1v) is 11.0. The molecular weight excluding hydrogens is 416 g/mol. The van der Waals surface area contributed by atoms with Crippen LogP contribution < -0.4 is 10.4 Å².